The summed E-state index contributed by atoms with van der Waals surface area (Å²) in [4.78, 5) is 2.28. The largest absolute Gasteiger partial charge is 0.312 e. The van der Waals surface area contributed by atoms with Gasteiger partial charge in [-0.1, -0.05) is 13.8 Å². The Morgan fingerprint density at radius 2 is 1.79 bits per heavy atom. The fourth-order valence-electron chi connectivity index (χ4n) is 1.89. The van der Waals surface area contributed by atoms with Crippen LogP contribution in [0, 0.1) is 11.8 Å². The zero-order valence-electron chi connectivity index (χ0n) is 10.4. The van der Waals surface area contributed by atoms with Gasteiger partial charge in [-0.15, -0.1) is 0 Å². The molecule has 1 aliphatic carbocycles. The molecule has 0 aromatic heterocycles. The molecule has 2 unspecified atom stereocenters. The highest BCUT2D eigenvalue weighted by molar-refractivity contribution is 4.88. The van der Waals surface area contributed by atoms with Crippen LogP contribution < -0.4 is 5.32 Å². The molecule has 1 saturated carbocycles. The second-order valence-electron chi connectivity index (χ2n) is 5.33. The van der Waals surface area contributed by atoms with Gasteiger partial charge in [0.1, 0.15) is 0 Å². The van der Waals surface area contributed by atoms with Crippen molar-refractivity contribution in [3.05, 3.63) is 0 Å². The summed E-state index contributed by atoms with van der Waals surface area (Å²) in [5, 5.41) is 3.72. The first-order valence-electron chi connectivity index (χ1n) is 5.92. The summed E-state index contributed by atoms with van der Waals surface area (Å²) in [5.74, 6) is 1.74. The van der Waals surface area contributed by atoms with Gasteiger partial charge in [0.2, 0.25) is 0 Å². The Morgan fingerprint density at radius 1 is 1.21 bits per heavy atom. The third-order valence-corrected chi connectivity index (χ3v) is 3.38. The lowest BCUT2D eigenvalue weighted by Crippen LogP contribution is -2.43. The maximum absolute atomic E-state index is 3.72. The maximum Gasteiger partial charge on any atom is 0.0186 e. The van der Waals surface area contributed by atoms with Gasteiger partial charge < -0.3 is 10.2 Å². The highest BCUT2D eigenvalue weighted by Crippen LogP contribution is 2.35. The summed E-state index contributed by atoms with van der Waals surface area (Å²) in [7, 11) is 4.29. The number of hydrogen-bond donors (Lipinski definition) is 1. The van der Waals surface area contributed by atoms with Gasteiger partial charge in [-0.05, 0) is 45.7 Å². The van der Waals surface area contributed by atoms with Crippen molar-refractivity contribution < 1.29 is 0 Å². The Balaban J connectivity index is 2.26. The van der Waals surface area contributed by atoms with E-state index in [1.54, 1.807) is 0 Å². The van der Waals surface area contributed by atoms with Gasteiger partial charge in [0, 0.05) is 18.6 Å². The topological polar surface area (TPSA) is 15.3 Å². The molecule has 1 fully saturated rings. The predicted octanol–water partition coefficient (Wildman–Crippen LogP) is 1.96. The average molecular weight is 198 g/mol. The van der Waals surface area contributed by atoms with Gasteiger partial charge in [-0.25, -0.2) is 0 Å². The molecule has 0 aromatic rings. The number of likely N-dealkylation sites (N-methyl/N-ethyl adjacent to an activating group) is 1. The van der Waals surface area contributed by atoms with E-state index in [1.807, 2.05) is 0 Å². The van der Waals surface area contributed by atoms with Gasteiger partial charge in [0.15, 0.2) is 0 Å². The second kappa shape index (κ2) is 5.13. The van der Waals surface area contributed by atoms with Crippen LogP contribution >= 0.6 is 0 Å². The van der Waals surface area contributed by atoms with E-state index >= 15 is 0 Å². The van der Waals surface area contributed by atoms with Crippen LogP contribution in [0.15, 0.2) is 0 Å². The number of nitrogens with zero attached hydrogens (tertiary/aromatic N) is 1. The van der Waals surface area contributed by atoms with Crippen LogP contribution in [0.3, 0.4) is 0 Å². The first-order valence-corrected chi connectivity index (χ1v) is 5.92. The molecule has 1 rings (SSSR count). The van der Waals surface area contributed by atoms with E-state index in [0.717, 1.165) is 24.4 Å². The van der Waals surface area contributed by atoms with E-state index in [9.17, 15) is 0 Å². The summed E-state index contributed by atoms with van der Waals surface area (Å²) < 4.78 is 0. The molecular formula is C12H26N2. The summed E-state index contributed by atoms with van der Waals surface area (Å²) in [6.45, 7) is 8.05. The molecule has 2 nitrogen and oxygen atoms in total. The minimum Gasteiger partial charge on any atom is -0.312 e. The monoisotopic (exact) mass is 198 g/mol. The smallest absolute Gasteiger partial charge is 0.0186 e. The van der Waals surface area contributed by atoms with Gasteiger partial charge in [0.05, 0.1) is 0 Å². The Bertz CT molecular complexity index is 160. The second-order valence-corrected chi connectivity index (χ2v) is 5.33. The molecule has 1 aliphatic rings. The highest BCUT2D eigenvalue weighted by Gasteiger charge is 2.32. The Morgan fingerprint density at radius 3 is 2.14 bits per heavy atom. The maximum atomic E-state index is 3.72. The van der Waals surface area contributed by atoms with E-state index in [2.05, 4.69) is 45.1 Å². The molecule has 0 spiro atoms. The van der Waals surface area contributed by atoms with Crippen LogP contribution in [0.1, 0.15) is 33.6 Å². The molecule has 84 valence electrons. The van der Waals surface area contributed by atoms with Crippen molar-refractivity contribution in [1.29, 1.82) is 0 Å². The van der Waals surface area contributed by atoms with Crippen molar-refractivity contribution in [1.82, 2.24) is 10.2 Å². The minimum absolute atomic E-state index is 0.634. The van der Waals surface area contributed by atoms with Crippen LogP contribution in [0.5, 0.6) is 0 Å². The predicted molar refractivity (Wildman–Crippen MR) is 62.5 cm³/mol. The molecule has 0 amide bonds. The lowest BCUT2D eigenvalue weighted by Gasteiger charge is -2.27. The lowest BCUT2D eigenvalue weighted by molar-refractivity contribution is 0.270. The van der Waals surface area contributed by atoms with E-state index in [-0.39, 0.29) is 0 Å². The summed E-state index contributed by atoms with van der Waals surface area (Å²) in [5.41, 5.74) is 0. The quantitative estimate of drug-likeness (QED) is 0.702. The molecule has 0 aliphatic heterocycles. The van der Waals surface area contributed by atoms with Crippen LogP contribution in [-0.4, -0.2) is 37.6 Å². The molecule has 2 atom stereocenters. The van der Waals surface area contributed by atoms with E-state index in [4.69, 9.17) is 0 Å². The summed E-state index contributed by atoms with van der Waals surface area (Å²) in [6.07, 6.45) is 2.87. The van der Waals surface area contributed by atoms with E-state index in [1.165, 1.54) is 12.8 Å². The molecular weight excluding hydrogens is 172 g/mol. The Hall–Kier alpha value is -0.0800. The SMILES string of the molecule is CC(C)C(NCC(C)N(C)C)C1CC1. The number of rotatable bonds is 6. The van der Waals surface area contributed by atoms with Crippen molar-refractivity contribution in [2.75, 3.05) is 20.6 Å². The summed E-state index contributed by atoms with van der Waals surface area (Å²) in [6, 6.07) is 1.38. The normalized spacial score (nSPS) is 21.6. The Labute approximate surface area is 89.1 Å². The standard InChI is InChI=1S/C12H26N2/c1-9(2)12(11-6-7-11)13-8-10(3)14(4)5/h9-13H,6-8H2,1-5H3. The molecule has 0 radical (unpaired) electrons. The molecule has 0 bridgehead atoms. The van der Waals surface area contributed by atoms with Crippen LogP contribution in [-0.2, 0) is 0 Å². The molecule has 1 N–H and O–H groups in total. The molecule has 0 heterocycles. The van der Waals surface area contributed by atoms with E-state index in [0.29, 0.717) is 6.04 Å². The highest BCUT2D eigenvalue weighted by atomic mass is 15.1. The van der Waals surface area contributed by atoms with Gasteiger partial charge >= 0.3 is 0 Å². The van der Waals surface area contributed by atoms with Gasteiger partial charge in [0.25, 0.3) is 0 Å². The van der Waals surface area contributed by atoms with Crippen molar-refractivity contribution in [3.63, 3.8) is 0 Å². The average Bonchev–Trinajstić information content (AvgIpc) is 2.87. The van der Waals surface area contributed by atoms with Crippen molar-refractivity contribution in [2.24, 2.45) is 11.8 Å². The van der Waals surface area contributed by atoms with Gasteiger partial charge in [-0.3, -0.25) is 0 Å². The van der Waals surface area contributed by atoms with Crippen LogP contribution in [0.25, 0.3) is 0 Å². The minimum atomic E-state index is 0.634. The van der Waals surface area contributed by atoms with Crippen LogP contribution in [0.2, 0.25) is 0 Å². The van der Waals surface area contributed by atoms with Crippen LogP contribution in [0.4, 0.5) is 0 Å². The third-order valence-electron chi connectivity index (χ3n) is 3.38. The summed E-state index contributed by atoms with van der Waals surface area (Å²) >= 11 is 0. The van der Waals surface area contributed by atoms with E-state index < -0.39 is 0 Å². The zero-order chi connectivity index (χ0) is 10.7. The first-order chi connectivity index (χ1) is 6.52. The molecule has 0 aromatic carbocycles. The number of hydrogen-bond acceptors (Lipinski definition) is 2. The molecule has 0 saturated heterocycles. The third kappa shape index (κ3) is 3.58. The lowest BCUT2D eigenvalue weighted by atomic mass is 9.99. The Kier molecular flexibility index (Phi) is 4.39. The number of nitrogens with one attached hydrogen (secondary N) is 1. The first kappa shape index (κ1) is 12.0. The zero-order valence-corrected chi connectivity index (χ0v) is 10.4. The molecule has 2 heteroatoms. The van der Waals surface area contributed by atoms with Crippen molar-refractivity contribution in [2.45, 2.75) is 45.7 Å². The molecule has 14 heavy (non-hydrogen) atoms. The fourth-order valence-corrected chi connectivity index (χ4v) is 1.89. The van der Waals surface area contributed by atoms with Gasteiger partial charge in [-0.2, -0.15) is 0 Å². The van der Waals surface area contributed by atoms with Crippen molar-refractivity contribution in [3.8, 4) is 0 Å². The fraction of sp³-hybridized carbons (Fsp3) is 1.00. The van der Waals surface area contributed by atoms with Crippen molar-refractivity contribution >= 4 is 0 Å².